The first kappa shape index (κ1) is 24.7. The highest BCUT2D eigenvalue weighted by atomic mass is 16.6. The van der Waals surface area contributed by atoms with Crippen LogP contribution in [-0.4, -0.2) is 76.8 Å². The Morgan fingerprint density at radius 3 is 2.55 bits per heavy atom. The fourth-order valence-electron chi connectivity index (χ4n) is 2.89. The molecule has 0 spiro atoms. The molecule has 11 nitrogen and oxygen atoms in total. The molecule has 0 fully saturated rings. The number of amides is 1. The summed E-state index contributed by atoms with van der Waals surface area (Å²) >= 11 is 0. The van der Waals surface area contributed by atoms with Gasteiger partial charge in [-0.2, -0.15) is 0 Å². The lowest BCUT2D eigenvalue weighted by molar-refractivity contribution is -0.151. The summed E-state index contributed by atoms with van der Waals surface area (Å²) in [5, 5.41) is 31.9. The van der Waals surface area contributed by atoms with Crippen LogP contribution in [0.15, 0.2) is 16.8 Å². The van der Waals surface area contributed by atoms with E-state index in [2.05, 4.69) is 17.2 Å². The van der Waals surface area contributed by atoms with Crippen LogP contribution < -0.4 is 16.8 Å². The molecule has 5 unspecified atom stereocenters. The van der Waals surface area contributed by atoms with Crippen molar-refractivity contribution in [2.24, 2.45) is 16.5 Å². The molecule has 166 valence electrons. The lowest BCUT2D eigenvalue weighted by Gasteiger charge is -2.38. The average molecular weight is 416 g/mol. The smallest absolute Gasteiger partial charge is 0.373 e. The molecule has 1 aliphatic rings. The molecule has 5 atom stereocenters. The number of unbranched alkanes of at least 4 members (excludes halogenated alkanes) is 3. The Hall–Kier alpha value is -2.37. The predicted octanol–water partition coefficient (Wildman–Crippen LogP) is -1.75. The SMILES string of the molecule is CCCCCCOC(=O)C1=CC(N=C(N)N)C(NC(C)=O)C(C(O)C(O)CO)O1. The Morgan fingerprint density at radius 1 is 1.31 bits per heavy atom. The Morgan fingerprint density at radius 2 is 2.00 bits per heavy atom. The maximum absolute atomic E-state index is 12.4. The van der Waals surface area contributed by atoms with E-state index in [1.54, 1.807) is 0 Å². The molecule has 8 N–H and O–H groups in total. The standard InChI is InChI=1S/C18H32N4O7/c1-3-4-5-6-7-28-17(27)13-8-11(22-18(19)20)14(21-10(2)24)16(29-13)15(26)12(25)9-23/h8,11-12,14-16,23,25-26H,3-7,9H2,1-2H3,(H,21,24)(H4,19,20,22). The monoisotopic (exact) mass is 416 g/mol. The number of hydrogen-bond acceptors (Lipinski definition) is 8. The van der Waals surface area contributed by atoms with Crippen LogP contribution in [0, 0.1) is 0 Å². The van der Waals surface area contributed by atoms with Crippen LogP contribution in [0.5, 0.6) is 0 Å². The number of hydrogen-bond donors (Lipinski definition) is 6. The van der Waals surface area contributed by atoms with E-state index in [4.69, 9.17) is 26.0 Å². The summed E-state index contributed by atoms with van der Waals surface area (Å²) in [5.41, 5.74) is 10.9. The number of aliphatic hydroxyl groups excluding tert-OH is 3. The lowest BCUT2D eigenvalue weighted by atomic mass is 9.92. The first-order valence-corrected chi connectivity index (χ1v) is 9.59. The highest BCUT2D eigenvalue weighted by Gasteiger charge is 2.44. The fourth-order valence-corrected chi connectivity index (χ4v) is 2.89. The average Bonchev–Trinajstić information content (AvgIpc) is 2.66. The van der Waals surface area contributed by atoms with Crippen molar-refractivity contribution in [2.75, 3.05) is 13.2 Å². The zero-order valence-corrected chi connectivity index (χ0v) is 16.8. The van der Waals surface area contributed by atoms with Crippen LogP contribution in [0.1, 0.15) is 39.5 Å². The third-order valence-electron chi connectivity index (χ3n) is 4.33. The number of esters is 1. The number of carbonyl (C=O) groups is 2. The summed E-state index contributed by atoms with van der Waals surface area (Å²) in [6.45, 7) is 2.73. The molecule has 0 bridgehead atoms. The normalized spacial score (nSPS) is 23.2. The van der Waals surface area contributed by atoms with E-state index in [0.29, 0.717) is 6.42 Å². The summed E-state index contributed by atoms with van der Waals surface area (Å²) < 4.78 is 10.7. The summed E-state index contributed by atoms with van der Waals surface area (Å²) in [6, 6.07) is -1.97. The van der Waals surface area contributed by atoms with Crippen molar-refractivity contribution in [3.8, 4) is 0 Å². The van der Waals surface area contributed by atoms with E-state index in [0.717, 1.165) is 19.3 Å². The molecular weight excluding hydrogens is 384 g/mol. The topological polar surface area (TPSA) is 190 Å². The van der Waals surface area contributed by atoms with Gasteiger partial charge >= 0.3 is 5.97 Å². The van der Waals surface area contributed by atoms with Gasteiger partial charge in [-0.1, -0.05) is 26.2 Å². The zero-order valence-electron chi connectivity index (χ0n) is 16.8. The van der Waals surface area contributed by atoms with Crippen LogP contribution in [0.2, 0.25) is 0 Å². The third-order valence-corrected chi connectivity index (χ3v) is 4.33. The van der Waals surface area contributed by atoms with Crippen molar-refractivity contribution in [3.05, 3.63) is 11.8 Å². The van der Waals surface area contributed by atoms with Crippen LogP contribution >= 0.6 is 0 Å². The van der Waals surface area contributed by atoms with E-state index in [1.807, 2.05) is 0 Å². The molecular formula is C18H32N4O7. The molecule has 0 saturated heterocycles. The van der Waals surface area contributed by atoms with E-state index in [1.165, 1.54) is 13.0 Å². The molecule has 0 aromatic rings. The largest absolute Gasteiger partial charge is 0.478 e. The Labute approximate surface area is 169 Å². The van der Waals surface area contributed by atoms with Gasteiger partial charge in [0.25, 0.3) is 0 Å². The molecule has 1 rings (SSSR count). The van der Waals surface area contributed by atoms with Gasteiger partial charge in [-0.25, -0.2) is 9.79 Å². The van der Waals surface area contributed by atoms with Crippen LogP contribution in [0.25, 0.3) is 0 Å². The molecule has 0 aromatic heterocycles. The Bertz CT molecular complexity index is 607. The second kappa shape index (κ2) is 12.2. The van der Waals surface area contributed by atoms with Gasteiger partial charge in [-0.05, 0) is 12.5 Å². The van der Waals surface area contributed by atoms with Crippen molar-refractivity contribution >= 4 is 17.8 Å². The lowest BCUT2D eigenvalue weighted by Crippen LogP contribution is -2.59. The maximum Gasteiger partial charge on any atom is 0.373 e. The Kier molecular flexibility index (Phi) is 10.4. The van der Waals surface area contributed by atoms with Gasteiger partial charge in [-0.15, -0.1) is 0 Å². The molecule has 0 radical (unpaired) electrons. The molecule has 11 heteroatoms. The van der Waals surface area contributed by atoms with E-state index in [-0.39, 0.29) is 18.3 Å². The van der Waals surface area contributed by atoms with Gasteiger partial charge in [0.15, 0.2) is 5.96 Å². The van der Waals surface area contributed by atoms with Crippen molar-refractivity contribution in [1.82, 2.24) is 5.32 Å². The molecule has 1 aliphatic heterocycles. The Balaban J connectivity index is 3.09. The number of rotatable bonds is 11. The molecule has 0 saturated carbocycles. The number of ether oxygens (including phenoxy) is 2. The summed E-state index contributed by atoms with van der Waals surface area (Å²) in [6.07, 6.45) is 0.401. The second-order valence-corrected chi connectivity index (χ2v) is 6.82. The minimum absolute atomic E-state index is 0.189. The zero-order chi connectivity index (χ0) is 22.0. The van der Waals surface area contributed by atoms with Gasteiger partial charge in [-0.3, -0.25) is 4.79 Å². The van der Waals surface area contributed by atoms with Crippen LogP contribution in [0.3, 0.4) is 0 Å². The predicted molar refractivity (Wildman–Crippen MR) is 104 cm³/mol. The number of nitrogens with zero attached hydrogens (tertiary/aromatic N) is 1. The molecule has 0 aromatic carbocycles. The number of nitrogens with two attached hydrogens (primary N) is 2. The van der Waals surface area contributed by atoms with Gasteiger partial charge in [0.2, 0.25) is 11.7 Å². The summed E-state index contributed by atoms with van der Waals surface area (Å²) in [7, 11) is 0. The van der Waals surface area contributed by atoms with E-state index in [9.17, 15) is 19.8 Å². The van der Waals surface area contributed by atoms with Gasteiger partial charge in [0.1, 0.15) is 18.3 Å². The van der Waals surface area contributed by atoms with E-state index >= 15 is 0 Å². The third kappa shape index (κ3) is 7.87. The summed E-state index contributed by atoms with van der Waals surface area (Å²) in [4.78, 5) is 28.0. The quantitative estimate of drug-likeness (QED) is 0.0981. The van der Waals surface area contributed by atoms with Crippen molar-refractivity contribution in [3.63, 3.8) is 0 Å². The van der Waals surface area contributed by atoms with Gasteiger partial charge in [0, 0.05) is 6.92 Å². The van der Waals surface area contributed by atoms with E-state index < -0.39 is 48.9 Å². The van der Waals surface area contributed by atoms with Crippen molar-refractivity contribution in [2.45, 2.75) is 69.9 Å². The molecule has 29 heavy (non-hydrogen) atoms. The number of aliphatic imine (C=N–C) groups is 1. The van der Waals surface area contributed by atoms with Gasteiger partial charge in [0.05, 0.1) is 25.3 Å². The molecule has 0 aliphatic carbocycles. The summed E-state index contributed by atoms with van der Waals surface area (Å²) in [5.74, 6) is -1.83. The minimum atomic E-state index is -1.64. The molecule has 1 amide bonds. The molecule has 1 heterocycles. The highest BCUT2D eigenvalue weighted by Crippen LogP contribution is 2.25. The van der Waals surface area contributed by atoms with Crippen LogP contribution in [0.4, 0.5) is 0 Å². The first-order chi connectivity index (χ1) is 13.7. The number of nitrogens with one attached hydrogen (secondary N) is 1. The first-order valence-electron chi connectivity index (χ1n) is 9.59. The number of aliphatic hydroxyl groups is 3. The van der Waals surface area contributed by atoms with Crippen molar-refractivity contribution < 1.29 is 34.4 Å². The van der Waals surface area contributed by atoms with Crippen molar-refractivity contribution in [1.29, 1.82) is 0 Å². The second-order valence-electron chi connectivity index (χ2n) is 6.82. The van der Waals surface area contributed by atoms with Gasteiger partial charge < -0.3 is 41.6 Å². The maximum atomic E-state index is 12.4. The highest BCUT2D eigenvalue weighted by molar-refractivity contribution is 5.87. The van der Waals surface area contributed by atoms with Crippen LogP contribution in [-0.2, 0) is 19.1 Å². The fraction of sp³-hybridized carbons (Fsp3) is 0.722. The number of guanidine groups is 1. The number of carbonyl (C=O) groups excluding carboxylic acids is 2. The minimum Gasteiger partial charge on any atom is -0.478 e.